The fraction of sp³-hybridized carbons (Fsp3) is 0.412. The van der Waals surface area contributed by atoms with Gasteiger partial charge in [0.2, 0.25) is 5.91 Å². The lowest BCUT2D eigenvalue weighted by atomic mass is 10.1. The van der Waals surface area contributed by atoms with E-state index in [0.29, 0.717) is 13.1 Å². The summed E-state index contributed by atoms with van der Waals surface area (Å²) in [6.45, 7) is 1.10. The summed E-state index contributed by atoms with van der Waals surface area (Å²) in [4.78, 5) is 20.7. The molecule has 0 bridgehead atoms. The van der Waals surface area contributed by atoms with E-state index < -0.39 is 0 Å². The average molecular weight is 314 g/mol. The molecule has 1 unspecified atom stereocenters. The van der Waals surface area contributed by atoms with Crippen molar-refractivity contribution in [3.63, 3.8) is 0 Å². The third-order valence-corrected chi connectivity index (χ3v) is 4.31. The zero-order chi connectivity index (χ0) is 16.4. The average Bonchev–Trinajstić information content (AvgIpc) is 3.08. The summed E-state index contributed by atoms with van der Waals surface area (Å²) in [5, 5.41) is 0. The zero-order valence-corrected chi connectivity index (χ0v) is 13.8. The minimum Gasteiger partial charge on any atom is -0.497 e. The van der Waals surface area contributed by atoms with Gasteiger partial charge in [0.05, 0.1) is 13.7 Å². The molecule has 1 amide bonds. The van der Waals surface area contributed by atoms with E-state index in [4.69, 9.17) is 4.74 Å². The lowest BCUT2D eigenvalue weighted by molar-refractivity contribution is -0.128. The summed E-state index contributed by atoms with van der Waals surface area (Å²) in [6, 6.07) is 7.98. The third kappa shape index (κ3) is 3.07. The number of hydrogen-bond donors (Lipinski definition) is 0. The van der Waals surface area contributed by atoms with Crippen LogP contribution in [0.2, 0.25) is 0 Å². The Labute approximate surface area is 136 Å². The quantitative estimate of drug-likeness (QED) is 0.838. The number of methoxy groups -OCH3 is 1. The number of nitrogens with zero attached hydrogens (tertiary/aromatic N) is 4. The SMILES string of the molecule is COc1ccc(CCN2C(=O)CN(C)C2c2nccn2C)cc1. The van der Waals surface area contributed by atoms with E-state index in [-0.39, 0.29) is 12.1 Å². The van der Waals surface area contributed by atoms with Gasteiger partial charge < -0.3 is 14.2 Å². The minimum absolute atomic E-state index is 0.0965. The summed E-state index contributed by atoms with van der Waals surface area (Å²) in [5.74, 6) is 1.89. The molecule has 1 aromatic heterocycles. The maximum Gasteiger partial charge on any atom is 0.238 e. The van der Waals surface area contributed by atoms with Gasteiger partial charge in [-0.1, -0.05) is 12.1 Å². The number of hydrogen-bond acceptors (Lipinski definition) is 4. The molecular weight excluding hydrogens is 292 g/mol. The first-order valence-corrected chi connectivity index (χ1v) is 7.70. The number of carbonyl (C=O) groups excluding carboxylic acids is 1. The normalized spacial score (nSPS) is 18.7. The predicted molar refractivity (Wildman–Crippen MR) is 87.0 cm³/mol. The summed E-state index contributed by atoms with van der Waals surface area (Å²) in [6.07, 6.45) is 4.40. The fourth-order valence-corrected chi connectivity index (χ4v) is 3.02. The van der Waals surface area contributed by atoms with Crippen LogP contribution < -0.4 is 4.74 Å². The highest BCUT2D eigenvalue weighted by Gasteiger charge is 2.38. The Bertz CT molecular complexity index is 680. The number of amides is 1. The molecule has 1 saturated heterocycles. The molecule has 1 atom stereocenters. The highest BCUT2D eigenvalue weighted by molar-refractivity contribution is 5.80. The molecule has 122 valence electrons. The van der Waals surface area contributed by atoms with Gasteiger partial charge in [-0.2, -0.15) is 0 Å². The maximum atomic E-state index is 12.4. The van der Waals surface area contributed by atoms with E-state index in [1.807, 2.05) is 58.9 Å². The number of aromatic nitrogens is 2. The molecule has 0 aliphatic carbocycles. The molecule has 0 N–H and O–H groups in total. The van der Waals surface area contributed by atoms with Gasteiger partial charge in [0, 0.05) is 26.0 Å². The molecule has 6 heteroatoms. The topological polar surface area (TPSA) is 50.6 Å². The molecule has 1 aliphatic rings. The Morgan fingerprint density at radius 2 is 2.00 bits per heavy atom. The number of likely N-dealkylation sites (N-methyl/N-ethyl adjacent to an activating group) is 1. The molecule has 0 radical (unpaired) electrons. The van der Waals surface area contributed by atoms with Crippen LogP contribution in [0, 0.1) is 0 Å². The van der Waals surface area contributed by atoms with Crippen LogP contribution in [-0.4, -0.2) is 52.5 Å². The maximum absolute atomic E-state index is 12.4. The zero-order valence-electron chi connectivity index (χ0n) is 13.8. The lowest BCUT2D eigenvalue weighted by Crippen LogP contribution is -2.34. The van der Waals surface area contributed by atoms with E-state index in [1.54, 1.807) is 13.3 Å². The van der Waals surface area contributed by atoms with Crippen LogP contribution in [0.4, 0.5) is 0 Å². The largest absolute Gasteiger partial charge is 0.497 e. The highest BCUT2D eigenvalue weighted by atomic mass is 16.5. The molecule has 3 rings (SSSR count). The van der Waals surface area contributed by atoms with Crippen LogP contribution in [-0.2, 0) is 18.3 Å². The second-order valence-corrected chi connectivity index (χ2v) is 5.87. The Balaban J connectivity index is 1.74. The number of rotatable bonds is 5. The minimum atomic E-state index is -0.0965. The van der Waals surface area contributed by atoms with Crippen molar-refractivity contribution in [1.82, 2.24) is 19.4 Å². The van der Waals surface area contributed by atoms with Crippen molar-refractivity contribution in [2.24, 2.45) is 7.05 Å². The monoisotopic (exact) mass is 314 g/mol. The molecule has 1 aliphatic heterocycles. The molecule has 6 nitrogen and oxygen atoms in total. The first kappa shape index (κ1) is 15.6. The van der Waals surface area contributed by atoms with E-state index in [9.17, 15) is 4.79 Å². The lowest BCUT2D eigenvalue weighted by Gasteiger charge is -2.27. The Kier molecular flexibility index (Phi) is 4.34. The number of benzene rings is 1. The van der Waals surface area contributed by atoms with Crippen LogP contribution in [0.3, 0.4) is 0 Å². The van der Waals surface area contributed by atoms with Crippen LogP contribution in [0.15, 0.2) is 36.7 Å². The van der Waals surface area contributed by atoms with E-state index in [0.717, 1.165) is 18.0 Å². The van der Waals surface area contributed by atoms with Gasteiger partial charge in [0.15, 0.2) is 0 Å². The van der Waals surface area contributed by atoms with E-state index >= 15 is 0 Å². The summed E-state index contributed by atoms with van der Waals surface area (Å²) in [5.41, 5.74) is 1.19. The van der Waals surface area contributed by atoms with E-state index in [1.165, 1.54) is 5.56 Å². The van der Waals surface area contributed by atoms with Gasteiger partial charge in [0.1, 0.15) is 17.7 Å². The summed E-state index contributed by atoms with van der Waals surface area (Å²) < 4.78 is 7.15. The van der Waals surface area contributed by atoms with Gasteiger partial charge in [-0.25, -0.2) is 4.98 Å². The van der Waals surface area contributed by atoms with Crippen molar-refractivity contribution in [1.29, 1.82) is 0 Å². The van der Waals surface area contributed by atoms with Crippen molar-refractivity contribution in [2.75, 3.05) is 27.2 Å². The molecule has 2 aromatic rings. The van der Waals surface area contributed by atoms with Crippen LogP contribution in [0.5, 0.6) is 5.75 Å². The van der Waals surface area contributed by atoms with Crippen LogP contribution in [0.25, 0.3) is 0 Å². The number of carbonyl (C=O) groups is 1. The second kappa shape index (κ2) is 6.42. The number of ether oxygens (including phenoxy) is 1. The predicted octanol–water partition coefficient (Wildman–Crippen LogP) is 1.44. The first-order valence-electron chi connectivity index (χ1n) is 7.70. The Morgan fingerprint density at radius 1 is 1.26 bits per heavy atom. The smallest absolute Gasteiger partial charge is 0.238 e. The molecule has 2 heterocycles. The van der Waals surface area contributed by atoms with Crippen molar-refractivity contribution < 1.29 is 9.53 Å². The van der Waals surface area contributed by atoms with E-state index in [2.05, 4.69) is 4.98 Å². The second-order valence-electron chi connectivity index (χ2n) is 5.87. The summed E-state index contributed by atoms with van der Waals surface area (Å²) in [7, 11) is 5.58. The van der Waals surface area contributed by atoms with Gasteiger partial charge in [-0.15, -0.1) is 0 Å². The summed E-state index contributed by atoms with van der Waals surface area (Å²) >= 11 is 0. The number of imidazole rings is 1. The van der Waals surface area contributed by atoms with Crippen LogP contribution >= 0.6 is 0 Å². The van der Waals surface area contributed by atoms with Crippen molar-refractivity contribution in [2.45, 2.75) is 12.6 Å². The van der Waals surface area contributed by atoms with Crippen molar-refractivity contribution in [3.8, 4) is 5.75 Å². The van der Waals surface area contributed by atoms with Crippen LogP contribution in [0.1, 0.15) is 17.6 Å². The fourth-order valence-electron chi connectivity index (χ4n) is 3.02. The van der Waals surface area contributed by atoms with Gasteiger partial charge in [-0.3, -0.25) is 9.69 Å². The van der Waals surface area contributed by atoms with Gasteiger partial charge in [0.25, 0.3) is 0 Å². The molecular formula is C17H22N4O2. The highest BCUT2D eigenvalue weighted by Crippen LogP contribution is 2.28. The third-order valence-electron chi connectivity index (χ3n) is 4.31. The van der Waals surface area contributed by atoms with Crippen molar-refractivity contribution >= 4 is 5.91 Å². The molecule has 1 fully saturated rings. The van der Waals surface area contributed by atoms with Crippen molar-refractivity contribution in [3.05, 3.63) is 48.0 Å². The Morgan fingerprint density at radius 3 is 2.61 bits per heavy atom. The molecule has 0 saturated carbocycles. The molecule has 0 spiro atoms. The first-order chi connectivity index (χ1) is 11.1. The molecule has 1 aromatic carbocycles. The Hall–Kier alpha value is -2.34. The van der Waals surface area contributed by atoms with Gasteiger partial charge in [-0.05, 0) is 31.2 Å². The standard InChI is InChI=1S/C17H22N4O2/c1-19-11-9-18-16(19)17-20(2)12-15(22)21(17)10-8-13-4-6-14(23-3)7-5-13/h4-7,9,11,17H,8,10,12H2,1-3H3. The van der Waals surface area contributed by atoms with Gasteiger partial charge >= 0.3 is 0 Å². The number of aryl methyl sites for hydroxylation is 1. The molecule has 23 heavy (non-hydrogen) atoms.